The van der Waals surface area contributed by atoms with Crippen LogP contribution in [0.5, 0.6) is 0 Å². The zero-order valence-electron chi connectivity index (χ0n) is 8.42. The summed E-state index contributed by atoms with van der Waals surface area (Å²) in [5.41, 5.74) is 2.53. The van der Waals surface area contributed by atoms with Crippen molar-refractivity contribution in [2.75, 3.05) is 0 Å². The molecular weight excluding hydrogens is 174 g/mol. The Kier molecular flexibility index (Phi) is 2.53. The summed E-state index contributed by atoms with van der Waals surface area (Å²) in [4.78, 5) is 11.2. The summed E-state index contributed by atoms with van der Waals surface area (Å²) in [5, 5.41) is 3.03. The number of nitrogens with one attached hydrogen (secondary N) is 1. The maximum absolute atomic E-state index is 11.2. The Hall–Kier alpha value is -1.31. The molecule has 1 heterocycles. The van der Waals surface area contributed by atoms with Crippen molar-refractivity contribution >= 4 is 5.91 Å². The topological polar surface area (TPSA) is 29.1 Å². The minimum Gasteiger partial charge on any atom is -0.349 e. The van der Waals surface area contributed by atoms with Gasteiger partial charge in [0.05, 0.1) is 6.04 Å². The lowest BCUT2D eigenvalue weighted by Gasteiger charge is -2.24. The summed E-state index contributed by atoms with van der Waals surface area (Å²) in [5.74, 6) is 0.185. The number of piperidine rings is 1. The molecule has 0 aromatic heterocycles. The molecule has 1 amide bonds. The summed E-state index contributed by atoms with van der Waals surface area (Å²) in [6.45, 7) is 2.09. The van der Waals surface area contributed by atoms with E-state index in [0.717, 1.165) is 12.8 Å². The average Bonchev–Trinajstić information content (AvgIpc) is 2.18. The highest BCUT2D eigenvalue weighted by atomic mass is 16.1. The van der Waals surface area contributed by atoms with E-state index in [1.54, 1.807) is 0 Å². The monoisotopic (exact) mass is 189 g/mol. The number of carbonyl (C=O) groups is 1. The number of hydrogen-bond acceptors (Lipinski definition) is 1. The van der Waals surface area contributed by atoms with Gasteiger partial charge in [-0.1, -0.05) is 24.3 Å². The molecule has 0 bridgehead atoms. The van der Waals surface area contributed by atoms with Gasteiger partial charge in [-0.15, -0.1) is 0 Å². The van der Waals surface area contributed by atoms with Gasteiger partial charge in [-0.25, -0.2) is 0 Å². The number of carbonyl (C=O) groups excluding carboxylic acids is 1. The molecule has 1 aliphatic rings. The molecule has 1 aliphatic heterocycles. The lowest BCUT2D eigenvalue weighted by atomic mass is 9.94. The van der Waals surface area contributed by atoms with Crippen molar-refractivity contribution < 1.29 is 4.79 Å². The number of aryl methyl sites for hydroxylation is 1. The Morgan fingerprint density at radius 2 is 2.14 bits per heavy atom. The van der Waals surface area contributed by atoms with E-state index < -0.39 is 0 Å². The third-order valence-corrected chi connectivity index (χ3v) is 2.80. The van der Waals surface area contributed by atoms with Crippen LogP contribution >= 0.6 is 0 Å². The molecule has 0 spiro atoms. The van der Waals surface area contributed by atoms with Crippen LogP contribution in [-0.4, -0.2) is 5.91 Å². The lowest BCUT2D eigenvalue weighted by Crippen LogP contribution is -2.32. The van der Waals surface area contributed by atoms with E-state index in [4.69, 9.17) is 0 Å². The molecule has 1 aromatic carbocycles. The van der Waals surface area contributed by atoms with Crippen LogP contribution in [0.3, 0.4) is 0 Å². The molecule has 0 aliphatic carbocycles. The highest BCUT2D eigenvalue weighted by Crippen LogP contribution is 2.25. The Morgan fingerprint density at radius 3 is 2.86 bits per heavy atom. The first-order valence-electron chi connectivity index (χ1n) is 5.12. The normalized spacial score (nSPS) is 21.8. The Labute approximate surface area is 84.3 Å². The summed E-state index contributed by atoms with van der Waals surface area (Å²) < 4.78 is 0. The van der Waals surface area contributed by atoms with Crippen molar-refractivity contribution in [1.82, 2.24) is 5.32 Å². The molecule has 0 radical (unpaired) electrons. The van der Waals surface area contributed by atoms with Gasteiger partial charge in [-0.3, -0.25) is 4.79 Å². The van der Waals surface area contributed by atoms with Crippen LogP contribution in [-0.2, 0) is 4.79 Å². The van der Waals surface area contributed by atoms with Crippen molar-refractivity contribution in [2.45, 2.75) is 32.2 Å². The van der Waals surface area contributed by atoms with E-state index >= 15 is 0 Å². The van der Waals surface area contributed by atoms with E-state index in [9.17, 15) is 4.79 Å². The first-order chi connectivity index (χ1) is 6.77. The quantitative estimate of drug-likeness (QED) is 0.721. The van der Waals surface area contributed by atoms with Crippen LogP contribution in [0.25, 0.3) is 0 Å². The second-order valence-corrected chi connectivity index (χ2v) is 3.87. The maximum atomic E-state index is 11.2. The molecule has 1 saturated heterocycles. The fourth-order valence-corrected chi connectivity index (χ4v) is 2.02. The summed E-state index contributed by atoms with van der Waals surface area (Å²) in [6.07, 6.45) is 2.75. The standard InChI is InChI=1S/C12H15NO/c1-9-5-2-3-6-10(9)11-7-4-8-12(14)13-11/h2-3,5-6,11H,4,7-8H2,1H3,(H,13,14). The molecule has 2 nitrogen and oxygen atoms in total. The van der Waals surface area contributed by atoms with E-state index in [1.807, 2.05) is 12.1 Å². The van der Waals surface area contributed by atoms with Crippen LogP contribution in [0.2, 0.25) is 0 Å². The zero-order chi connectivity index (χ0) is 9.97. The molecule has 74 valence electrons. The Balaban J connectivity index is 2.22. The van der Waals surface area contributed by atoms with Gasteiger partial charge in [0.1, 0.15) is 0 Å². The van der Waals surface area contributed by atoms with Gasteiger partial charge in [0.2, 0.25) is 5.91 Å². The predicted octanol–water partition coefficient (Wildman–Crippen LogP) is 2.34. The summed E-state index contributed by atoms with van der Waals surface area (Å²) in [6, 6.07) is 8.49. The SMILES string of the molecule is Cc1ccccc1C1CCCC(=O)N1. The molecular formula is C12H15NO. The third kappa shape index (κ3) is 1.79. The fraction of sp³-hybridized carbons (Fsp3) is 0.417. The van der Waals surface area contributed by atoms with Gasteiger partial charge in [-0.2, -0.15) is 0 Å². The smallest absolute Gasteiger partial charge is 0.220 e. The van der Waals surface area contributed by atoms with Gasteiger partial charge >= 0.3 is 0 Å². The average molecular weight is 189 g/mol. The van der Waals surface area contributed by atoms with Gasteiger partial charge < -0.3 is 5.32 Å². The number of benzene rings is 1. The van der Waals surface area contributed by atoms with Crippen LogP contribution in [0, 0.1) is 6.92 Å². The molecule has 1 aromatic rings. The highest BCUT2D eigenvalue weighted by molar-refractivity contribution is 5.77. The molecule has 0 saturated carbocycles. The molecule has 2 heteroatoms. The van der Waals surface area contributed by atoms with Crippen molar-refractivity contribution in [3.05, 3.63) is 35.4 Å². The largest absolute Gasteiger partial charge is 0.349 e. The van der Waals surface area contributed by atoms with Crippen LogP contribution < -0.4 is 5.32 Å². The maximum Gasteiger partial charge on any atom is 0.220 e. The molecule has 1 fully saturated rings. The van der Waals surface area contributed by atoms with Gasteiger partial charge in [0.15, 0.2) is 0 Å². The van der Waals surface area contributed by atoms with Gasteiger partial charge in [0.25, 0.3) is 0 Å². The molecule has 14 heavy (non-hydrogen) atoms. The third-order valence-electron chi connectivity index (χ3n) is 2.80. The number of rotatable bonds is 1. The second kappa shape index (κ2) is 3.82. The van der Waals surface area contributed by atoms with Crippen LogP contribution in [0.1, 0.15) is 36.4 Å². The molecule has 1 N–H and O–H groups in total. The van der Waals surface area contributed by atoms with E-state index in [1.165, 1.54) is 11.1 Å². The molecule has 1 unspecified atom stereocenters. The molecule has 1 atom stereocenters. The van der Waals surface area contributed by atoms with Gasteiger partial charge in [-0.05, 0) is 30.9 Å². The molecule has 2 rings (SSSR count). The summed E-state index contributed by atoms with van der Waals surface area (Å²) in [7, 11) is 0. The van der Waals surface area contributed by atoms with E-state index in [0.29, 0.717) is 6.42 Å². The number of amides is 1. The lowest BCUT2D eigenvalue weighted by molar-refractivity contribution is -0.123. The number of hydrogen-bond donors (Lipinski definition) is 1. The first kappa shape index (κ1) is 9.25. The van der Waals surface area contributed by atoms with Crippen molar-refractivity contribution in [2.24, 2.45) is 0 Å². The highest BCUT2D eigenvalue weighted by Gasteiger charge is 2.20. The van der Waals surface area contributed by atoms with Crippen molar-refractivity contribution in [3.8, 4) is 0 Å². The van der Waals surface area contributed by atoms with E-state index in [-0.39, 0.29) is 11.9 Å². The minimum absolute atomic E-state index is 0.185. The fourth-order valence-electron chi connectivity index (χ4n) is 2.02. The Morgan fingerprint density at radius 1 is 1.36 bits per heavy atom. The van der Waals surface area contributed by atoms with Crippen LogP contribution in [0.15, 0.2) is 24.3 Å². The second-order valence-electron chi connectivity index (χ2n) is 3.87. The zero-order valence-corrected chi connectivity index (χ0v) is 8.42. The summed E-state index contributed by atoms with van der Waals surface area (Å²) >= 11 is 0. The first-order valence-corrected chi connectivity index (χ1v) is 5.12. The predicted molar refractivity (Wildman–Crippen MR) is 55.9 cm³/mol. The van der Waals surface area contributed by atoms with Crippen LogP contribution in [0.4, 0.5) is 0 Å². The van der Waals surface area contributed by atoms with E-state index in [2.05, 4.69) is 24.4 Å². The Bertz CT molecular complexity index is 346. The van der Waals surface area contributed by atoms with Gasteiger partial charge in [0, 0.05) is 6.42 Å². The minimum atomic E-state index is 0.185. The van der Waals surface area contributed by atoms with Crippen molar-refractivity contribution in [3.63, 3.8) is 0 Å². The van der Waals surface area contributed by atoms with Crippen molar-refractivity contribution in [1.29, 1.82) is 0 Å².